The molecule has 5 nitrogen and oxygen atoms in total. The zero-order valence-corrected chi connectivity index (χ0v) is 10.4. The summed E-state index contributed by atoms with van der Waals surface area (Å²) in [6, 6.07) is 3.88. The highest BCUT2D eigenvalue weighted by Crippen LogP contribution is 2.13. The Morgan fingerprint density at radius 2 is 2.18 bits per heavy atom. The molecule has 3 heterocycles. The molecule has 1 aliphatic rings. The van der Waals surface area contributed by atoms with Crippen LogP contribution in [0, 0.1) is 6.92 Å². The summed E-state index contributed by atoms with van der Waals surface area (Å²) in [6.45, 7) is 3.83. The maximum atomic E-state index is 4.52. The van der Waals surface area contributed by atoms with Gasteiger partial charge in [0.15, 0.2) is 5.82 Å². The van der Waals surface area contributed by atoms with Crippen molar-refractivity contribution in [2.75, 3.05) is 6.54 Å². The second-order valence-corrected chi connectivity index (χ2v) is 4.01. The van der Waals surface area contributed by atoms with Crippen molar-refractivity contribution in [1.82, 2.24) is 25.3 Å². The second-order valence-electron chi connectivity index (χ2n) is 4.01. The fraction of sp³-hybridized carbons (Fsp3) is 0.364. The van der Waals surface area contributed by atoms with Crippen molar-refractivity contribution in [3.8, 4) is 5.82 Å². The van der Waals surface area contributed by atoms with E-state index in [-0.39, 0.29) is 12.4 Å². The first-order valence-corrected chi connectivity index (χ1v) is 5.42. The minimum absolute atomic E-state index is 0. The third-order valence-electron chi connectivity index (χ3n) is 2.75. The normalized spacial score (nSPS) is 13.9. The van der Waals surface area contributed by atoms with Gasteiger partial charge in [-0.05, 0) is 19.1 Å². The van der Waals surface area contributed by atoms with E-state index in [1.165, 1.54) is 11.3 Å². The molecule has 1 N–H and O–H groups in total. The molecule has 2 aromatic heterocycles. The number of nitrogens with one attached hydrogen (secondary N) is 1. The van der Waals surface area contributed by atoms with Crippen molar-refractivity contribution in [2.24, 2.45) is 0 Å². The zero-order chi connectivity index (χ0) is 11.0. The first kappa shape index (κ1) is 12.0. The van der Waals surface area contributed by atoms with E-state index in [0.29, 0.717) is 0 Å². The van der Waals surface area contributed by atoms with E-state index >= 15 is 0 Å². The van der Waals surface area contributed by atoms with Crippen molar-refractivity contribution in [3.63, 3.8) is 0 Å². The van der Waals surface area contributed by atoms with Gasteiger partial charge in [-0.15, -0.1) is 17.5 Å². The molecule has 6 heteroatoms. The van der Waals surface area contributed by atoms with Gasteiger partial charge in [-0.25, -0.2) is 4.68 Å². The standard InChI is InChI=1S/C11H13N5.ClH/c1-8-2-3-11(14-13-8)16-7-9-6-12-5-4-10(9)15-16;/h2-3,7,12H,4-6H2,1H3;1H. The van der Waals surface area contributed by atoms with Gasteiger partial charge in [-0.1, -0.05) is 0 Å². The molecule has 0 radical (unpaired) electrons. The van der Waals surface area contributed by atoms with Crippen molar-refractivity contribution in [1.29, 1.82) is 0 Å². The molecule has 0 saturated heterocycles. The number of hydrogen-bond acceptors (Lipinski definition) is 4. The molecule has 0 fully saturated rings. The molecule has 0 spiro atoms. The molecule has 0 atom stereocenters. The van der Waals surface area contributed by atoms with Gasteiger partial charge in [-0.2, -0.15) is 10.2 Å². The van der Waals surface area contributed by atoms with Crippen molar-refractivity contribution in [3.05, 3.63) is 35.3 Å². The van der Waals surface area contributed by atoms with Crippen LogP contribution in [0.2, 0.25) is 0 Å². The minimum atomic E-state index is 0. The predicted molar refractivity (Wildman–Crippen MR) is 66.5 cm³/mol. The maximum absolute atomic E-state index is 4.52. The highest BCUT2D eigenvalue weighted by atomic mass is 35.5. The summed E-state index contributed by atoms with van der Waals surface area (Å²) in [5.74, 6) is 0.778. The number of aryl methyl sites for hydroxylation is 1. The average Bonchev–Trinajstić information content (AvgIpc) is 2.73. The van der Waals surface area contributed by atoms with E-state index < -0.39 is 0 Å². The fourth-order valence-corrected chi connectivity index (χ4v) is 1.86. The largest absolute Gasteiger partial charge is 0.312 e. The molecule has 1 aliphatic heterocycles. The van der Waals surface area contributed by atoms with Gasteiger partial charge in [-0.3, -0.25) is 0 Å². The summed E-state index contributed by atoms with van der Waals surface area (Å²) in [5, 5.41) is 16.0. The Morgan fingerprint density at radius 3 is 2.88 bits per heavy atom. The smallest absolute Gasteiger partial charge is 0.175 e. The monoisotopic (exact) mass is 251 g/mol. The van der Waals surface area contributed by atoms with Crippen LogP contribution in [0.15, 0.2) is 18.3 Å². The predicted octanol–water partition coefficient (Wildman–Crippen LogP) is 1.04. The van der Waals surface area contributed by atoms with Crippen molar-refractivity contribution < 1.29 is 0 Å². The van der Waals surface area contributed by atoms with Gasteiger partial charge in [0.1, 0.15) is 0 Å². The van der Waals surface area contributed by atoms with E-state index in [2.05, 4.69) is 20.6 Å². The number of fused-ring (bicyclic) bond motifs is 1. The highest BCUT2D eigenvalue weighted by Gasteiger charge is 2.13. The van der Waals surface area contributed by atoms with E-state index in [0.717, 1.165) is 31.0 Å². The molecule has 0 bridgehead atoms. The lowest BCUT2D eigenvalue weighted by Crippen LogP contribution is -2.22. The van der Waals surface area contributed by atoms with E-state index in [9.17, 15) is 0 Å². The SMILES string of the molecule is Cc1ccc(-n2cc3c(n2)CCNC3)nn1.Cl. The van der Waals surface area contributed by atoms with Crippen LogP contribution in [0.25, 0.3) is 5.82 Å². The van der Waals surface area contributed by atoms with Crippen LogP contribution < -0.4 is 5.32 Å². The van der Waals surface area contributed by atoms with E-state index in [1.54, 1.807) is 0 Å². The second kappa shape index (κ2) is 4.81. The van der Waals surface area contributed by atoms with Gasteiger partial charge in [0.05, 0.1) is 11.4 Å². The Balaban J connectivity index is 0.00000108. The quantitative estimate of drug-likeness (QED) is 0.823. The van der Waals surface area contributed by atoms with Gasteiger partial charge in [0.25, 0.3) is 0 Å². The number of nitrogens with zero attached hydrogens (tertiary/aromatic N) is 4. The Bertz CT molecular complexity index is 482. The molecule has 0 aromatic carbocycles. The van der Waals surface area contributed by atoms with Crippen LogP contribution in [-0.4, -0.2) is 26.5 Å². The first-order chi connectivity index (χ1) is 7.83. The molecule has 17 heavy (non-hydrogen) atoms. The Labute approximate surface area is 106 Å². The molecule has 0 saturated carbocycles. The summed E-state index contributed by atoms with van der Waals surface area (Å²) in [4.78, 5) is 0. The molecule has 0 amide bonds. The maximum Gasteiger partial charge on any atom is 0.175 e. The van der Waals surface area contributed by atoms with Gasteiger partial charge >= 0.3 is 0 Å². The van der Waals surface area contributed by atoms with Gasteiger partial charge in [0.2, 0.25) is 0 Å². The first-order valence-electron chi connectivity index (χ1n) is 5.42. The topological polar surface area (TPSA) is 55.6 Å². The third kappa shape index (κ3) is 2.30. The Kier molecular flexibility index (Phi) is 3.40. The Morgan fingerprint density at radius 1 is 1.29 bits per heavy atom. The van der Waals surface area contributed by atoms with Gasteiger partial charge in [0, 0.05) is 31.3 Å². The summed E-state index contributed by atoms with van der Waals surface area (Å²) in [7, 11) is 0. The summed E-state index contributed by atoms with van der Waals surface area (Å²) < 4.78 is 1.81. The molecular weight excluding hydrogens is 238 g/mol. The highest BCUT2D eigenvalue weighted by molar-refractivity contribution is 5.85. The number of aromatic nitrogens is 4. The van der Waals surface area contributed by atoms with Crippen LogP contribution in [0.1, 0.15) is 17.0 Å². The summed E-state index contributed by atoms with van der Waals surface area (Å²) in [5.41, 5.74) is 3.34. The van der Waals surface area contributed by atoms with Crippen molar-refractivity contribution >= 4 is 12.4 Å². The van der Waals surface area contributed by atoms with Crippen LogP contribution >= 0.6 is 12.4 Å². The lowest BCUT2D eigenvalue weighted by Gasteiger charge is -2.09. The van der Waals surface area contributed by atoms with Crippen LogP contribution in [0.4, 0.5) is 0 Å². The third-order valence-corrected chi connectivity index (χ3v) is 2.75. The van der Waals surface area contributed by atoms with Crippen molar-refractivity contribution in [2.45, 2.75) is 19.9 Å². The fourth-order valence-electron chi connectivity index (χ4n) is 1.86. The van der Waals surface area contributed by atoms with Crippen LogP contribution in [0.3, 0.4) is 0 Å². The number of halogens is 1. The van der Waals surface area contributed by atoms with Crippen LogP contribution in [0.5, 0.6) is 0 Å². The molecule has 90 valence electrons. The summed E-state index contributed by atoms with van der Waals surface area (Å²) in [6.07, 6.45) is 3.02. The van der Waals surface area contributed by atoms with Crippen LogP contribution in [-0.2, 0) is 13.0 Å². The number of rotatable bonds is 1. The molecular formula is C11H14ClN5. The average molecular weight is 252 g/mol. The Hall–Kier alpha value is -1.46. The minimum Gasteiger partial charge on any atom is -0.312 e. The molecule has 2 aromatic rings. The lowest BCUT2D eigenvalue weighted by atomic mass is 10.1. The van der Waals surface area contributed by atoms with E-state index in [1.807, 2.05) is 29.9 Å². The lowest BCUT2D eigenvalue weighted by molar-refractivity contribution is 0.635. The van der Waals surface area contributed by atoms with E-state index in [4.69, 9.17) is 0 Å². The van der Waals surface area contributed by atoms with Gasteiger partial charge < -0.3 is 5.32 Å². The zero-order valence-electron chi connectivity index (χ0n) is 9.55. The molecule has 0 unspecified atom stereocenters. The molecule has 3 rings (SSSR count). The summed E-state index contributed by atoms with van der Waals surface area (Å²) >= 11 is 0. The molecule has 0 aliphatic carbocycles. The number of hydrogen-bond donors (Lipinski definition) is 1.